The van der Waals surface area contributed by atoms with Crippen LogP contribution in [0, 0.1) is 16.7 Å². The lowest BCUT2D eigenvalue weighted by Crippen LogP contribution is -2.40. The van der Waals surface area contributed by atoms with E-state index in [1.165, 1.54) is 11.5 Å². The zero-order valence-electron chi connectivity index (χ0n) is 7.49. The minimum Gasteiger partial charge on any atom is -0.323 e. The van der Waals surface area contributed by atoms with Gasteiger partial charge in [0.15, 0.2) is 0 Å². The molecule has 72 valence electrons. The topological polar surface area (TPSA) is 65.8 Å². The van der Waals surface area contributed by atoms with Crippen LogP contribution in [0.15, 0.2) is 11.6 Å². The zero-order valence-corrected chi connectivity index (χ0v) is 8.30. The van der Waals surface area contributed by atoms with Crippen LogP contribution in [0.4, 0.5) is 5.69 Å². The van der Waals surface area contributed by atoms with E-state index in [2.05, 4.69) is 15.8 Å². The smallest absolute Gasteiger partial charge is 0.244 e. The molecule has 1 saturated carbocycles. The standard InChI is InChI=1S/C9H9N3OS/c10-6-9(2-1-3-9)8(13)12-7-4-11-14-5-7/h4-5H,1-3H2,(H,12,13). The number of anilines is 1. The number of hydrogen-bond donors (Lipinski definition) is 1. The minimum absolute atomic E-state index is 0.188. The second-order valence-electron chi connectivity index (χ2n) is 3.41. The number of carbonyl (C=O) groups excluding carboxylic acids is 1. The first-order chi connectivity index (χ1) is 6.77. The van der Waals surface area contributed by atoms with Crippen molar-refractivity contribution in [3.8, 4) is 6.07 Å². The summed E-state index contributed by atoms with van der Waals surface area (Å²) in [5.41, 5.74) is -0.0939. The third kappa shape index (κ3) is 1.38. The fourth-order valence-electron chi connectivity index (χ4n) is 1.44. The van der Waals surface area contributed by atoms with E-state index >= 15 is 0 Å². The molecule has 0 aliphatic heterocycles. The highest BCUT2D eigenvalue weighted by Gasteiger charge is 2.44. The quantitative estimate of drug-likeness (QED) is 0.803. The molecule has 4 nitrogen and oxygen atoms in total. The monoisotopic (exact) mass is 207 g/mol. The van der Waals surface area contributed by atoms with Crippen LogP contribution in [0.5, 0.6) is 0 Å². The maximum atomic E-state index is 11.7. The summed E-state index contributed by atoms with van der Waals surface area (Å²) in [5, 5.41) is 13.4. The molecule has 0 unspecified atom stereocenters. The summed E-state index contributed by atoms with van der Waals surface area (Å²) < 4.78 is 3.87. The van der Waals surface area contributed by atoms with Crippen molar-refractivity contribution >= 4 is 23.1 Å². The highest BCUT2D eigenvalue weighted by Crippen LogP contribution is 2.41. The molecule has 0 atom stereocenters. The summed E-state index contributed by atoms with van der Waals surface area (Å²) in [6.45, 7) is 0. The molecule has 1 amide bonds. The lowest BCUT2D eigenvalue weighted by Gasteiger charge is -2.33. The van der Waals surface area contributed by atoms with E-state index < -0.39 is 5.41 Å². The van der Waals surface area contributed by atoms with Gasteiger partial charge in [-0.1, -0.05) is 0 Å². The molecule has 1 fully saturated rings. The van der Waals surface area contributed by atoms with E-state index in [-0.39, 0.29) is 5.91 Å². The third-order valence-corrected chi connectivity index (χ3v) is 3.13. The highest BCUT2D eigenvalue weighted by molar-refractivity contribution is 7.04. The molecule has 0 radical (unpaired) electrons. The maximum absolute atomic E-state index is 11.7. The minimum atomic E-state index is -0.776. The molecule has 1 aliphatic carbocycles. The van der Waals surface area contributed by atoms with Crippen LogP contribution in [0.3, 0.4) is 0 Å². The Labute approximate surface area is 85.7 Å². The van der Waals surface area contributed by atoms with Gasteiger partial charge in [0.1, 0.15) is 5.41 Å². The van der Waals surface area contributed by atoms with Crippen LogP contribution in [-0.2, 0) is 4.79 Å². The van der Waals surface area contributed by atoms with Gasteiger partial charge in [-0.15, -0.1) is 0 Å². The normalized spacial score (nSPS) is 17.9. The molecule has 2 rings (SSSR count). The Morgan fingerprint density at radius 3 is 2.93 bits per heavy atom. The molecule has 1 N–H and O–H groups in total. The molecule has 5 heteroatoms. The summed E-state index contributed by atoms with van der Waals surface area (Å²) in [5.74, 6) is -0.188. The van der Waals surface area contributed by atoms with Crippen molar-refractivity contribution in [3.63, 3.8) is 0 Å². The Morgan fingerprint density at radius 2 is 2.50 bits per heavy atom. The van der Waals surface area contributed by atoms with Crippen molar-refractivity contribution in [2.75, 3.05) is 5.32 Å². The van der Waals surface area contributed by atoms with Crippen molar-refractivity contribution in [1.29, 1.82) is 5.26 Å². The molecule has 1 aromatic heterocycles. The highest BCUT2D eigenvalue weighted by atomic mass is 32.1. The van der Waals surface area contributed by atoms with Crippen LogP contribution in [0.25, 0.3) is 0 Å². The van der Waals surface area contributed by atoms with Crippen LogP contribution in [0.2, 0.25) is 0 Å². The lowest BCUT2D eigenvalue weighted by atomic mass is 9.69. The largest absolute Gasteiger partial charge is 0.323 e. The lowest BCUT2D eigenvalue weighted by molar-refractivity contribution is -0.126. The molecule has 0 aromatic carbocycles. The van der Waals surface area contributed by atoms with Gasteiger partial charge in [0.2, 0.25) is 5.91 Å². The summed E-state index contributed by atoms with van der Waals surface area (Å²) in [7, 11) is 0. The number of hydrogen-bond acceptors (Lipinski definition) is 4. The van der Waals surface area contributed by atoms with E-state index in [4.69, 9.17) is 5.26 Å². The average molecular weight is 207 g/mol. The van der Waals surface area contributed by atoms with E-state index in [1.54, 1.807) is 11.6 Å². The van der Waals surface area contributed by atoms with Gasteiger partial charge in [0.05, 0.1) is 18.0 Å². The Balaban J connectivity index is 2.06. The second kappa shape index (κ2) is 3.39. The molecule has 0 bridgehead atoms. The first kappa shape index (κ1) is 9.16. The molecular weight excluding hydrogens is 198 g/mol. The summed E-state index contributed by atoms with van der Waals surface area (Å²) in [6, 6.07) is 2.10. The van der Waals surface area contributed by atoms with Crippen molar-refractivity contribution in [3.05, 3.63) is 11.6 Å². The Hall–Kier alpha value is -1.41. The number of carbonyl (C=O) groups is 1. The Morgan fingerprint density at radius 1 is 1.71 bits per heavy atom. The number of rotatable bonds is 2. The van der Waals surface area contributed by atoms with E-state index in [0.29, 0.717) is 18.5 Å². The molecule has 1 aromatic rings. The van der Waals surface area contributed by atoms with Crippen LogP contribution >= 0.6 is 11.5 Å². The third-order valence-electron chi connectivity index (χ3n) is 2.55. The summed E-state index contributed by atoms with van der Waals surface area (Å²) in [6.07, 6.45) is 3.90. The van der Waals surface area contributed by atoms with Gasteiger partial charge in [-0.05, 0) is 30.8 Å². The first-order valence-electron chi connectivity index (χ1n) is 4.39. The van der Waals surface area contributed by atoms with Gasteiger partial charge in [-0.25, -0.2) is 0 Å². The molecule has 1 aliphatic rings. The SMILES string of the molecule is N#CC1(C(=O)Nc2cnsc2)CCC1. The fourth-order valence-corrected chi connectivity index (χ4v) is 1.91. The zero-order chi connectivity index (χ0) is 10.0. The fraction of sp³-hybridized carbons (Fsp3) is 0.444. The summed E-state index contributed by atoms with van der Waals surface area (Å²) in [4.78, 5) is 11.7. The van der Waals surface area contributed by atoms with Crippen molar-refractivity contribution in [2.45, 2.75) is 19.3 Å². The number of amides is 1. The van der Waals surface area contributed by atoms with E-state index in [0.717, 1.165) is 6.42 Å². The number of nitrogens with zero attached hydrogens (tertiary/aromatic N) is 2. The number of aromatic nitrogens is 1. The predicted octanol–water partition coefficient (Wildman–Crippen LogP) is 1.78. The Kier molecular flexibility index (Phi) is 2.22. The van der Waals surface area contributed by atoms with Crippen LogP contribution < -0.4 is 5.32 Å². The van der Waals surface area contributed by atoms with Crippen LogP contribution in [0.1, 0.15) is 19.3 Å². The predicted molar refractivity (Wildman–Crippen MR) is 52.6 cm³/mol. The van der Waals surface area contributed by atoms with Crippen LogP contribution in [-0.4, -0.2) is 10.3 Å². The van der Waals surface area contributed by atoms with Crippen molar-refractivity contribution in [2.24, 2.45) is 5.41 Å². The molecule has 0 saturated heterocycles. The average Bonchev–Trinajstić information content (AvgIpc) is 2.55. The van der Waals surface area contributed by atoms with Gasteiger partial charge in [-0.3, -0.25) is 4.79 Å². The van der Waals surface area contributed by atoms with E-state index in [9.17, 15) is 4.79 Å². The van der Waals surface area contributed by atoms with E-state index in [1.807, 2.05) is 0 Å². The maximum Gasteiger partial charge on any atom is 0.244 e. The van der Waals surface area contributed by atoms with Crippen molar-refractivity contribution in [1.82, 2.24) is 4.37 Å². The Bertz CT molecular complexity index is 375. The van der Waals surface area contributed by atoms with Gasteiger partial charge in [-0.2, -0.15) is 9.64 Å². The first-order valence-corrected chi connectivity index (χ1v) is 5.23. The molecular formula is C9H9N3OS. The number of nitrogens with one attached hydrogen (secondary N) is 1. The number of nitriles is 1. The summed E-state index contributed by atoms with van der Waals surface area (Å²) >= 11 is 1.28. The molecule has 0 spiro atoms. The van der Waals surface area contributed by atoms with Gasteiger partial charge in [0, 0.05) is 5.38 Å². The second-order valence-corrected chi connectivity index (χ2v) is 4.07. The molecule has 1 heterocycles. The van der Waals surface area contributed by atoms with Gasteiger partial charge in [0.25, 0.3) is 0 Å². The van der Waals surface area contributed by atoms with Crippen molar-refractivity contribution < 1.29 is 4.79 Å². The van der Waals surface area contributed by atoms with Gasteiger partial charge < -0.3 is 5.32 Å². The van der Waals surface area contributed by atoms with Gasteiger partial charge >= 0.3 is 0 Å². The molecule has 14 heavy (non-hydrogen) atoms.